The molecule has 0 spiro atoms. The monoisotopic (exact) mass is 260 g/mol. The lowest BCUT2D eigenvalue weighted by molar-refractivity contribution is 0.502. The minimum atomic E-state index is 0.555. The van der Waals surface area contributed by atoms with Crippen molar-refractivity contribution in [3.63, 3.8) is 0 Å². The third kappa shape index (κ3) is 2.86. The quantitative estimate of drug-likeness (QED) is 0.894. The van der Waals surface area contributed by atoms with Crippen molar-refractivity contribution in [1.82, 2.24) is 9.97 Å². The van der Waals surface area contributed by atoms with Gasteiger partial charge in [-0.25, -0.2) is 9.97 Å². The Morgan fingerprint density at radius 1 is 1.32 bits per heavy atom. The molecule has 2 aromatic heterocycles. The molecule has 0 saturated carbocycles. The van der Waals surface area contributed by atoms with Gasteiger partial charge in [0.15, 0.2) is 0 Å². The molecule has 0 atom stereocenters. The number of rotatable bonds is 5. The first-order valence-corrected chi connectivity index (χ1v) is 6.56. The van der Waals surface area contributed by atoms with Crippen LogP contribution in [0.2, 0.25) is 0 Å². The van der Waals surface area contributed by atoms with Gasteiger partial charge in [0.2, 0.25) is 0 Å². The maximum Gasteiger partial charge on any atom is 0.137 e. The van der Waals surface area contributed by atoms with E-state index in [2.05, 4.69) is 21.8 Å². The van der Waals surface area contributed by atoms with Crippen LogP contribution in [0.4, 0.5) is 11.6 Å². The smallest absolute Gasteiger partial charge is 0.137 e. The number of nitrogen functional groups attached to an aromatic ring is 1. The van der Waals surface area contributed by atoms with Gasteiger partial charge in [-0.15, -0.1) is 0 Å². The van der Waals surface area contributed by atoms with Crippen molar-refractivity contribution in [2.45, 2.75) is 33.7 Å². The number of anilines is 2. The lowest BCUT2D eigenvalue weighted by atomic mass is 10.2. The Balaban J connectivity index is 2.34. The lowest BCUT2D eigenvalue weighted by Gasteiger charge is -2.23. The van der Waals surface area contributed by atoms with Gasteiger partial charge in [-0.2, -0.15) is 0 Å². The van der Waals surface area contributed by atoms with Crippen LogP contribution >= 0.6 is 0 Å². The molecule has 0 aliphatic heterocycles. The largest absolute Gasteiger partial charge is 0.467 e. The molecule has 0 radical (unpaired) electrons. The Morgan fingerprint density at radius 2 is 2.11 bits per heavy atom. The van der Waals surface area contributed by atoms with Crippen LogP contribution in [0.3, 0.4) is 0 Å². The molecule has 102 valence electrons. The SMILES string of the molecule is CCc1nc(N)c(C)c(N(CC)Cc2ccco2)n1. The third-order valence-electron chi connectivity index (χ3n) is 3.13. The predicted octanol–water partition coefficient (Wildman–Crippen LogP) is 2.55. The summed E-state index contributed by atoms with van der Waals surface area (Å²) in [7, 11) is 0. The summed E-state index contributed by atoms with van der Waals surface area (Å²) in [5.41, 5.74) is 6.88. The minimum Gasteiger partial charge on any atom is -0.467 e. The molecule has 2 N–H and O–H groups in total. The lowest BCUT2D eigenvalue weighted by Crippen LogP contribution is -2.25. The molecule has 0 amide bonds. The minimum absolute atomic E-state index is 0.555. The van der Waals surface area contributed by atoms with Gasteiger partial charge in [0, 0.05) is 18.5 Å². The van der Waals surface area contributed by atoms with Crippen molar-refractivity contribution < 1.29 is 4.42 Å². The average Bonchev–Trinajstić information content (AvgIpc) is 2.92. The summed E-state index contributed by atoms with van der Waals surface area (Å²) < 4.78 is 5.40. The molecule has 19 heavy (non-hydrogen) atoms. The number of hydrogen-bond donors (Lipinski definition) is 1. The van der Waals surface area contributed by atoms with E-state index in [-0.39, 0.29) is 0 Å². The Bertz CT molecular complexity index is 537. The zero-order chi connectivity index (χ0) is 13.8. The van der Waals surface area contributed by atoms with Gasteiger partial charge in [0.05, 0.1) is 12.8 Å². The van der Waals surface area contributed by atoms with Crippen molar-refractivity contribution in [3.8, 4) is 0 Å². The normalized spacial score (nSPS) is 10.7. The number of aromatic nitrogens is 2. The van der Waals surface area contributed by atoms with E-state index in [0.29, 0.717) is 12.4 Å². The van der Waals surface area contributed by atoms with Crippen molar-refractivity contribution >= 4 is 11.6 Å². The first-order valence-electron chi connectivity index (χ1n) is 6.56. The summed E-state index contributed by atoms with van der Waals surface area (Å²) in [6, 6.07) is 3.85. The molecule has 0 bridgehead atoms. The molecular weight excluding hydrogens is 240 g/mol. The van der Waals surface area contributed by atoms with E-state index in [1.165, 1.54) is 0 Å². The highest BCUT2D eigenvalue weighted by atomic mass is 16.3. The highest BCUT2D eigenvalue weighted by Crippen LogP contribution is 2.23. The second kappa shape index (κ2) is 5.73. The van der Waals surface area contributed by atoms with Crippen LogP contribution in [-0.2, 0) is 13.0 Å². The third-order valence-corrected chi connectivity index (χ3v) is 3.13. The van der Waals surface area contributed by atoms with E-state index >= 15 is 0 Å². The average molecular weight is 260 g/mol. The number of nitrogens with zero attached hydrogens (tertiary/aromatic N) is 3. The molecule has 5 nitrogen and oxygen atoms in total. The number of nitrogens with two attached hydrogens (primary N) is 1. The number of hydrogen-bond acceptors (Lipinski definition) is 5. The summed E-state index contributed by atoms with van der Waals surface area (Å²) in [6.07, 6.45) is 2.46. The van der Waals surface area contributed by atoms with E-state index in [4.69, 9.17) is 10.2 Å². The fourth-order valence-electron chi connectivity index (χ4n) is 1.96. The van der Waals surface area contributed by atoms with Gasteiger partial charge in [-0.1, -0.05) is 6.92 Å². The van der Waals surface area contributed by atoms with Crippen LogP contribution < -0.4 is 10.6 Å². The van der Waals surface area contributed by atoms with E-state index in [9.17, 15) is 0 Å². The van der Waals surface area contributed by atoms with E-state index in [0.717, 1.165) is 35.9 Å². The highest BCUT2D eigenvalue weighted by molar-refractivity contribution is 5.56. The van der Waals surface area contributed by atoms with Crippen LogP contribution in [0.15, 0.2) is 22.8 Å². The van der Waals surface area contributed by atoms with Gasteiger partial charge in [-0.05, 0) is 26.0 Å². The Morgan fingerprint density at radius 3 is 2.68 bits per heavy atom. The molecule has 2 aromatic rings. The first kappa shape index (κ1) is 13.4. The summed E-state index contributed by atoms with van der Waals surface area (Å²) in [4.78, 5) is 11.0. The second-order valence-corrected chi connectivity index (χ2v) is 4.42. The fourth-order valence-corrected chi connectivity index (χ4v) is 1.96. The fraction of sp³-hybridized carbons (Fsp3) is 0.429. The standard InChI is InChI=1S/C14H20N4O/c1-4-12-16-13(15)10(3)14(17-12)18(5-2)9-11-7-6-8-19-11/h6-8H,4-5,9H2,1-3H3,(H2,15,16,17). The zero-order valence-corrected chi connectivity index (χ0v) is 11.7. The summed E-state index contributed by atoms with van der Waals surface area (Å²) in [5.74, 6) is 3.13. The molecule has 0 aliphatic rings. The summed E-state index contributed by atoms with van der Waals surface area (Å²) in [6.45, 7) is 7.59. The van der Waals surface area contributed by atoms with Crippen molar-refractivity contribution in [3.05, 3.63) is 35.5 Å². The molecule has 2 rings (SSSR count). The van der Waals surface area contributed by atoms with Crippen LogP contribution in [0.1, 0.15) is 31.0 Å². The Labute approximate surface area is 113 Å². The predicted molar refractivity (Wildman–Crippen MR) is 76.0 cm³/mol. The van der Waals surface area contributed by atoms with Crippen LogP contribution in [0.25, 0.3) is 0 Å². The number of furan rings is 1. The molecule has 5 heteroatoms. The van der Waals surface area contributed by atoms with Crippen LogP contribution in [0.5, 0.6) is 0 Å². The zero-order valence-electron chi connectivity index (χ0n) is 11.7. The first-order chi connectivity index (χ1) is 9.15. The topological polar surface area (TPSA) is 68.2 Å². The van der Waals surface area contributed by atoms with E-state index in [1.54, 1.807) is 6.26 Å². The summed E-state index contributed by atoms with van der Waals surface area (Å²) >= 11 is 0. The molecular formula is C14H20N4O. The van der Waals surface area contributed by atoms with Gasteiger partial charge < -0.3 is 15.1 Å². The Kier molecular flexibility index (Phi) is 4.04. The van der Waals surface area contributed by atoms with E-state index in [1.807, 2.05) is 26.0 Å². The van der Waals surface area contributed by atoms with Gasteiger partial charge in [-0.3, -0.25) is 0 Å². The molecule has 0 aromatic carbocycles. The van der Waals surface area contributed by atoms with Crippen molar-refractivity contribution in [2.24, 2.45) is 0 Å². The van der Waals surface area contributed by atoms with Crippen LogP contribution in [0, 0.1) is 6.92 Å². The summed E-state index contributed by atoms with van der Waals surface area (Å²) in [5, 5.41) is 0. The maximum absolute atomic E-state index is 5.96. The Hall–Kier alpha value is -2.04. The molecule has 0 unspecified atom stereocenters. The highest BCUT2D eigenvalue weighted by Gasteiger charge is 2.15. The van der Waals surface area contributed by atoms with Gasteiger partial charge >= 0.3 is 0 Å². The van der Waals surface area contributed by atoms with Crippen molar-refractivity contribution in [1.29, 1.82) is 0 Å². The maximum atomic E-state index is 5.96. The number of aryl methyl sites for hydroxylation is 1. The van der Waals surface area contributed by atoms with E-state index < -0.39 is 0 Å². The molecule has 0 saturated heterocycles. The van der Waals surface area contributed by atoms with Gasteiger partial charge in [0.25, 0.3) is 0 Å². The molecule has 2 heterocycles. The molecule has 0 aliphatic carbocycles. The van der Waals surface area contributed by atoms with Crippen molar-refractivity contribution in [2.75, 3.05) is 17.2 Å². The van der Waals surface area contributed by atoms with Crippen LogP contribution in [-0.4, -0.2) is 16.5 Å². The molecule has 0 fully saturated rings. The second-order valence-electron chi connectivity index (χ2n) is 4.42. The van der Waals surface area contributed by atoms with Gasteiger partial charge in [0.1, 0.15) is 23.2 Å².